The summed E-state index contributed by atoms with van der Waals surface area (Å²) in [6, 6.07) is 3.41. The van der Waals surface area contributed by atoms with E-state index in [0.29, 0.717) is 5.75 Å². The zero-order valence-corrected chi connectivity index (χ0v) is 6.94. The average Bonchev–Trinajstić information content (AvgIpc) is 1.82. The molecule has 1 aromatic carbocycles. The Morgan fingerprint density at radius 3 is 2.00 bits per heavy atom. The van der Waals surface area contributed by atoms with Crippen LogP contribution in [-0.2, 0) is 0 Å². The number of hydrogen-bond donors (Lipinski definition) is 2. The van der Waals surface area contributed by atoms with Gasteiger partial charge >= 0.3 is 0 Å². The van der Waals surface area contributed by atoms with E-state index in [1.54, 1.807) is 12.1 Å². The number of phenols is 1. The molecule has 0 spiro atoms. The monoisotopic (exact) mass is 154 g/mol. The van der Waals surface area contributed by atoms with Crippen molar-refractivity contribution in [1.82, 2.24) is 0 Å². The molecule has 0 heterocycles. The predicted molar refractivity (Wildman–Crippen MR) is 44.8 cm³/mol. The van der Waals surface area contributed by atoms with Crippen LogP contribution in [0.1, 0.15) is 11.1 Å². The average molecular weight is 154 g/mol. The quantitative estimate of drug-likeness (QED) is 0.549. The summed E-state index contributed by atoms with van der Waals surface area (Å²) < 4.78 is 0. The Bertz CT molecular complexity index is 232. The van der Waals surface area contributed by atoms with Crippen LogP contribution in [0.3, 0.4) is 0 Å². The Balaban J connectivity index is 3.31. The van der Waals surface area contributed by atoms with Crippen LogP contribution >= 0.6 is 12.6 Å². The van der Waals surface area contributed by atoms with Crippen molar-refractivity contribution in [1.29, 1.82) is 0 Å². The van der Waals surface area contributed by atoms with Crippen molar-refractivity contribution in [3.8, 4) is 5.75 Å². The Labute approximate surface area is 66.1 Å². The van der Waals surface area contributed by atoms with Crippen molar-refractivity contribution in [3.63, 3.8) is 0 Å². The van der Waals surface area contributed by atoms with Crippen LogP contribution in [0.25, 0.3) is 0 Å². The molecule has 0 fully saturated rings. The lowest BCUT2D eigenvalue weighted by molar-refractivity contribution is 0.474. The van der Waals surface area contributed by atoms with Gasteiger partial charge in [-0.15, -0.1) is 12.6 Å². The van der Waals surface area contributed by atoms with Crippen LogP contribution in [0.2, 0.25) is 0 Å². The minimum absolute atomic E-state index is 0.313. The van der Waals surface area contributed by atoms with Crippen LogP contribution < -0.4 is 0 Å². The maximum absolute atomic E-state index is 9.08. The SMILES string of the molecule is Cc1cc(O)cc(C)c1S. The van der Waals surface area contributed by atoms with Gasteiger partial charge in [-0.1, -0.05) is 0 Å². The Kier molecular flexibility index (Phi) is 1.90. The highest BCUT2D eigenvalue weighted by Crippen LogP contribution is 2.22. The van der Waals surface area contributed by atoms with Gasteiger partial charge in [0, 0.05) is 4.90 Å². The molecule has 0 aromatic heterocycles. The van der Waals surface area contributed by atoms with Gasteiger partial charge in [0.25, 0.3) is 0 Å². The van der Waals surface area contributed by atoms with E-state index in [0.717, 1.165) is 16.0 Å². The van der Waals surface area contributed by atoms with Crippen molar-refractivity contribution in [3.05, 3.63) is 23.3 Å². The molecule has 0 atom stereocenters. The molecule has 0 saturated carbocycles. The van der Waals surface area contributed by atoms with Crippen molar-refractivity contribution in [2.24, 2.45) is 0 Å². The molecular formula is C8H10OS. The summed E-state index contributed by atoms with van der Waals surface area (Å²) in [5.74, 6) is 0.313. The van der Waals surface area contributed by atoms with Crippen LogP contribution in [0.4, 0.5) is 0 Å². The first kappa shape index (κ1) is 7.48. The third-order valence-corrected chi connectivity index (χ3v) is 2.18. The maximum Gasteiger partial charge on any atom is 0.116 e. The van der Waals surface area contributed by atoms with E-state index < -0.39 is 0 Å². The second kappa shape index (κ2) is 2.54. The fourth-order valence-electron chi connectivity index (χ4n) is 0.933. The molecule has 0 unspecified atom stereocenters. The summed E-state index contributed by atoms with van der Waals surface area (Å²) >= 11 is 4.25. The first-order valence-electron chi connectivity index (χ1n) is 3.10. The molecule has 1 rings (SSSR count). The van der Waals surface area contributed by atoms with Crippen LogP contribution in [0.15, 0.2) is 17.0 Å². The molecule has 1 nitrogen and oxygen atoms in total. The largest absolute Gasteiger partial charge is 0.508 e. The van der Waals surface area contributed by atoms with E-state index in [1.165, 1.54) is 0 Å². The smallest absolute Gasteiger partial charge is 0.116 e. The summed E-state index contributed by atoms with van der Waals surface area (Å²) in [4.78, 5) is 0.956. The molecule has 0 bridgehead atoms. The molecular weight excluding hydrogens is 144 g/mol. The fraction of sp³-hybridized carbons (Fsp3) is 0.250. The lowest BCUT2D eigenvalue weighted by Gasteiger charge is -2.02. The lowest BCUT2D eigenvalue weighted by atomic mass is 10.1. The second-order valence-electron chi connectivity index (χ2n) is 2.43. The molecule has 54 valence electrons. The molecule has 2 heteroatoms. The van der Waals surface area contributed by atoms with Crippen LogP contribution in [0.5, 0.6) is 5.75 Å². The third kappa shape index (κ3) is 1.27. The molecule has 0 amide bonds. The summed E-state index contributed by atoms with van der Waals surface area (Å²) in [6.45, 7) is 3.85. The van der Waals surface area contributed by atoms with Gasteiger partial charge in [0.15, 0.2) is 0 Å². The van der Waals surface area contributed by atoms with Crippen molar-refractivity contribution in [2.45, 2.75) is 18.7 Å². The number of thiol groups is 1. The number of rotatable bonds is 0. The zero-order valence-electron chi connectivity index (χ0n) is 6.05. The molecule has 0 radical (unpaired) electrons. The fourth-order valence-corrected chi connectivity index (χ4v) is 1.06. The second-order valence-corrected chi connectivity index (χ2v) is 2.88. The number of benzene rings is 1. The zero-order chi connectivity index (χ0) is 7.72. The summed E-state index contributed by atoms with van der Waals surface area (Å²) in [5, 5.41) is 9.08. The summed E-state index contributed by atoms with van der Waals surface area (Å²) in [5.41, 5.74) is 2.03. The minimum Gasteiger partial charge on any atom is -0.508 e. The predicted octanol–water partition coefficient (Wildman–Crippen LogP) is 2.30. The number of aryl methyl sites for hydroxylation is 2. The highest BCUT2D eigenvalue weighted by atomic mass is 32.1. The van der Waals surface area contributed by atoms with Crippen LogP contribution in [-0.4, -0.2) is 5.11 Å². The van der Waals surface area contributed by atoms with Crippen LogP contribution in [0, 0.1) is 13.8 Å². The van der Waals surface area contributed by atoms with E-state index in [2.05, 4.69) is 12.6 Å². The van der Waals surface area contributed by atoms with Gasteiger partial charge in [-0.25, -0.2) is 0 Å². The van der Waals surface area contributed by atoms with E-state index in [9.17, 15) is 0 Å². The number of aromatic hydroxyl groups is 1. The maximum atomic E-state index is 9.08. The minimum atomic E-state index is 0.313. The highest BCUT2D eigenvalue weighted by molar-refractivity contribution is 7.80. The van der Waals surface area contributed by atoms with E-state index in [-0.39, 0.29) is 0 Å². The van der Waals surface area contributed by atoms with Gasteiger partial charge in [-0.3, -0.25) is 0 Å². The van der Waals surface area contributed by atoms with Crippen molar-refractivity contribution in [2.75, 3.05) is 0 Å². The van der Waals surface area contributed by atoms with Gasteiger partial charge < -0.3 is 5.11 Å². The molecule has 0 aliphatic carbocycles. The van der Waals surface area contributed by atoms with E-state index in [4.69, 9.17) is 5.11 Å². The van der Waals surface area contributed by atoms with Crippen molar-refractivity contribution >= 4 is 12.6 Å². The normalized spacial score (nSPS) is 9.90. The Morgan fingerprint density at radius 2 is 1.60 bits per heavy atom. The summed E-state index contributed by atoms with van der Waals surface area (Å²) in [7, 11) is 0. The van der Waals surface area contributed by atoms with Gasteiger partial charge in [0.05, 0.1) is 0 Å². The topological polar surface area (TPSA) is 20.2 Å². The highest BCUT2D eigenvalue weighted by Gasteiger charge is 1.98. The van der Waals surface area contributed by atoms with Gasteiger partial charge in [-0.05, 0) is 37.1 Å². The number of hydrogen-bond acceptors (Lipinski definition) is 2. The van der Waals surface area contributed by atoms with Gasteiger partial charge in [0.2, 0.25) is 0 Å². The van der Waals surface area contributed by atoms with E-state index in [1.807, 2.05) is 13.8 Å². The molecule has 0 aliphatic rings. The third-order valence-electron chi connectivity index (χ3n) is 1.48. The Morgan fingerprint density at radius 1 is 1.20 bits per heavy atom. The molecule has 1 aromatic rings. The summed E-state index contributed by atoms with van der Waals surface area (Å²) in [6.07, 6.45) is 0. The van der Waals surface area contributed by atoms with E-state index >= 15 is 0 Å². The lowest BCUT2D eigenvalue weighted by Crippen LogP contribution is -1.80. The molecule has 0 aliphatic heterocycles. The Hall–Kier alpha value is -0.630. The van der Waals surface area contributed by atoms with Crippen molar-refractivity contribution < 1.29 is 5.11 Å². The molecule has 10 heavy (non-hydrogen) atoms. The van der Waals surface area contributed by atoms with Gasteiger partial charge in [0.1, 0.15) is 5.75 Å². The van der Waals surface area contributed by atoms with Gasteiger partial charge in [-0.2, -0.15) is 0 Å². The first-order valence-corrected chi connectivity index (χ1v) is 3.55. The number of phenolic OH excluding ortho intramolecular Hbond substituents is 1. The molecule has 0 saturated heterocycles. The first-order chi connectivity index (χ1) is 4.61. The standard InChI is InChI=1S/C8H10OS/c1-5-3-7(9)4-6(2)8(5)10/h3-4,9-10H,1-2H3. The molecule has 1 N–H and O–H groups in total.